The van der Waals surface area contributed by atoms with Crippen LogP contribution in [0.4, 0.5) is 0 Å². The molecular weight excluding hydrogens is 334 g/mol. The molecule has 0 bridgehead atoms. The molecule has 6 nitrogen and oxygen atoms in total. The van der Waals surface area contributed by atoms with Crippen LogP contribution in [0.25, 0.3) is 0 Å². The summed E-state index contributed by atoms with van der Waals surface area (Å²) in [5.41, 5.74) is 3.63. The second-order valence-electron chi connectivity index (χ2n) is 6.02. The highest BCUT2D eigenvalue weighted by molar-refractivity contribution is 6.49. The van der Waals surface area contributed by atoms with Crippen molar-refractivity contribution in [3.05, 3.63) is 58.7 Å². The topological polar surface area (TPSA) is 85.2 Å². The van der Waals surface area contributed by atoms with Gasteiger partial charge in [-0.1, -0.05) is 5.16 Å². The minimum atomic E-state index is -0.204. The number of carbonyl (C=O) groups excluding carboxylic acids is 2. The standard InChI is InChI=1S/C10H9NO3.C10H10O2/c1-14-7-2-3-8-6(4-7)5-9(11-13)10(8)12;1-12-8-3-4-9-7(6-8)2-5-10(9)11/h2-4,13H,5H2,1H3;3-4,6H,2,5H2,1H3/b11-9-;. The van der Waals surface area contributed by atoms with E-state index in [1.807, 2.05) is 18.2 Å². The summed E-state index contributed by atoms with van der Waals surface area (Å²) in [6.45, 7) is 0. The molecule has 0 aromatic heterocycles. The molecule has 0 saturated heterocycles. The van der Waals surface area contributed by atoms with Crippen molar-refractivity contribution in [2.75, 3.05) is 14.2 Å². The molecule has 2 aromatic carbocycles. The van der Waals surface area contributed by atoms with E-state index in [1.54, 1.807) is 32.4 Å². The number of hydrogen-bond acceptors (Lipinski definition) is 6. The number of ketones is 2. The average Bonchev–Trinajstić information content (AvgIpc) is 3.21. The van der Waals surface area contributed by atoms with Gasteiger partial charge in [-0.25, -0.2) is 0 Å². The summed E-state index contributed by atoms with van der Waals surface area (Å²) in [7, 11) is 3.21. The van der Waals surface area contributed by atoms with Crippen LogP contribution < -0.4 is 9.47 Å². The molecule has 26 heavy (non-hydrogen) atoms. The van der Waals surface area contributed by atoms with E-state index in [0.717, 1.165) is 28.9 Å². The summed E-state index contributed by atoms with van der Waals surface area (Å²) in [5.74, 6) is 1.59. The molecule has 0 amide bonds. The molecule has 6 heteroatoms. The van der Waals surface area contributed by atoms with E-state index in [-0.39, 0.29) is 17.3 Å². The van der Waals surface area contributed by atoms with Gasteiger partial charge >= 0.3 is 0 Å². The highest BCUT2D eigenvalue weighted by Gasteiger charge is 2.27. The minimum absolute atomic E-state index is 0.188. The van der Waals surface area contributed by atoms with Gasteiger partial charge in [0.15, 0.2) is 5.78 Å². The Bertz CT molecular complexity index is 901. The van der Waals surface area contributed by atoms with E-state index in [9.17, 15) is 9.59 Å². The average molecular weight is 353 g/mol. The summed E-state index contributed by atoms with van der Waals surface area (Å²) in [5, 5.41) is 11.5. The maximum absolute atomic E-state index is 11.5. The molecule has 0 atom stereocenters. The van der Waals surface area contributed by atoms with Gasteiger partial charge < -0.3 is 14.7 Å². The lowest BCUT2D eigenvalue weighted by molar-refractivity contribution is 0.0993. The molecule has 0 radical (unpaired) electrons. The predicted molar refractivity (Wildman–Crippen MR) is 95.9 cm³/mol. The molecule has 0 aliphatic heterocycles. The highest BCUT2D eigenvalue weighted by Crippen LogP contribution is 2.26. The summed E-state index contributed by atoms with van der Waals surface area (Å²) in [6.07, 6.45) is 1.90. The Morgan fingerprint density at radius 1 is 0.885 bits per heavy atom. The second kappa shape index (κ2) is 7.39. The lowest BCUT2D eigenvalue weighted by atomic mass is 10.1. The number of fused-ring (bicyclic) bond motifs is 2. The van der Waals surface area contributed by atoms with Gasteiger partial charge in [0.25, 0.3) is 0 Å². The van der Waals surface area contributed by atoms with E-state index >= 15 is 0 Å². The van der Waals surface area contributed by atoms with Gasteiger partial charge in [0.2, 0.25) is 5.78 Å². The Morgan fingerprint density at radius 2 is 1.50 bits per heavy atom. The van der Waals surface area contributed by atoms with Crippen molar-refractivity contribution in [2.45, 2.75) is 19.3 Å². The van der Waals surface area contributed by atoms with Crippen LogP contribution in [-0.2, 0) is 12.8 Å². The zero-order valence-corrected chi connectivity index (χ0v) is 14.6. The molecule has 2 aliphatic carbocycles. The lowest BCUT2D eigenvalue weighted by Gasteiger charge is -2.01. The molecule has 0 saturated carbocycles. The lowest BCUT2D eigenvalue weighted by Crippen LogP contribution is -2.06. The molecule has 2 aromatic rings. The fourth-order valence-corrected chi connectivity index (χ4v) is 3.12. The Labute approximate surface area is 151 Å². The Hall–Kier alpha value is -3.15. The van der Waals surface area contributed by atoms with Gasteiger partial charge in [-0.15, -0.1) is 0 Å². The van der Waals surface area contributed by atoms with Gasteiger partial charge in [-0.2, -0.15) is 0 Å². The molecular formula is C20H19NO5. The van der Waals surface area contributed by atoms with E-state index in [0.29, 0.717) is 24.2 Å². The van der Waals surface area contributed by atoms with Gasteiger partial charge in [-0.3, -0.25) is 9.59 Å². The SMILES string of the molecule is COc1ccc2c(c1)C/C(=N/O)C2=O.COc1ccc2c(c1)CCC2=O. The third-order valence-electron chi connectivity index (χ3n) is 4.53. The van der Waals surface area contributed by atoms with Crippen molar-refractivity contribution in [1.82, 2.24) is 0 Å². The number of Topliss-reactive ketones (excluding diaryl/α,β-unsaturated/α-hetero) is 2. The number of ether oxygens (including phenoxy) is 2. The van der Waals surface area contributed by atoms with Crippen LogP contribution in [0.5, 0.6) is 11.5 Å². The normalized spacial score (nSPS) is 16.0. The maximum Gasteiger partial charge on any atom is 0.211 e. The molecule has 0 fully saturated rings. The molecule has 4 rings (SSSR count). The number of carbonyl (C=O) groups is 2. The van der Waals surface area contributed by atoms with E-state index in [4.69, 9.17) is 14.7 Å². The minimum Gasteiger partial charge on any atom is -0.497 e. The van der Waals surface area contributed by atoms with Crippen molar-refractivity contribution in [3.8, 4) is 11.5 Å². The predicted octanol–water partition coefficient (Wildman–Crippen LogP) is 3.09. The first-order chi connectivity index (χ1) is 12.6. The molecule has 0 spiro atoms. The number of aryl methyl sites for hydroxylation is 1. The van der Waals surface area contributed by atoms with Gasteiger partial charge in [0.05, 0.1) is 14.2 Å². The van der Waals surface area contributed by atoms with E-state index in [2.05, 4.69) is 5.16 Å². The molecule has 0 unspecified atom stereocenters. The van der Waals surface area contributed by atoms with Crippen LogP contribution in [0.3, 0.4) is 0 Å². The van der Waals surface area contributed by atoms with Crippen LogP contribution in [0.2, 0.25) is 0 Å². The van der Waals surface area contributed by atoms with Gasteiger partial charge in [0, 0.05) is 24.0 Å². The summed E-state index contributed by atoms with van der Waals surface area (Å²) < 4.78 is 10.1. The van der Waals surface area contributed by atoms with Crippen molar-refractivity contribution in [3.63, 3.8) is 0 Å². The molecule has 0 heterocycles. The number of nitrogens with zero attached hydrogens (tertiary/aromatic N) is 1. The van der Waals surface area contributed by atoms with Crippen molar-refractivity contribution < 1.29 is 24.3 Å². The number of oxime groups is 1. The van der Waals surface area contributed by atoms with Crippen LogP contribution in [0, 0.1) is 0 Å². The molecule has 134 valence electrons. The van der Waals surface area contributed by atoms with Crippen molar-refractivity contribution in [1.29, 1.82) is 0 Å². The van der Waals surface area contributed by atoms with Crippen LogP contribution in [0.15, 0.2) is 41.6 Å². The quantitative estimate of drug-likeness (QED) is 0.662. The van der Waals surface area contributed by atoms with E-state index in [1.165, 1.54) is 0 Å². The van der Waals surface area contributed by atoms with Crippen LogP contribution >= 0.6 is 0 Å². The smallest absolute Gasteiger partial charge is 0.211 e. The zero-order chi connectivity index (χ0) is 18.7. The maximum atomic E-state index is 11.5. The Balaban J connectivity index is 0.000000152. The number of methoxy groups -OCH3 is 2. The van der Waals surface area contributed by atoms with Crippen LogP contribution in [-0.4, -0.2) is 36.7 Å². The monoisotopic (exact) mass is 353 g/mol. The fourth-order valence-electron chi connectivity index (χ4n) is 3.12. The third kappa shape index (κ3) is 3.31. The number of hydrogen-bond donors (Lipinski definition) is 1. The second-order valence-corrected chi connectivity index (χ2v) is 6.02. The first kappa shape index (κ1) is 17.7. The summed E-state index contributed by atoms with van der Waals surface area (Å²) >= 11 is 0. The molecule has 2 aliphatic rings. The van der Waals surface area contributed by atoms with Gasteiger partial charge in [-0.05, 0) is 53.9 Å². The highest BCUT2D eigenvalue weighted by atomic mass is 16.5. The van der Waals surface area contributed by atoms with Crippen molar-refractivity contribution in [2.24, 2.45) is 5.16 Å². The number of benzene rings is 2. The summed E-state index contributed by atoms with van der Waals surface area (Å²) in [4.78, 5) is 22.7. The first-order valence-electron chi connectivity index (χ1n) is 8.20. The zero-order valence-electron chi connectivity index (χ0n) is 14.6. The van der Waals surface area contributed by atoms with Gasteiger partial charge in [0.1, 0.15) is 17.2 Å². The largest absolute Gasteiger partial charge is 0.497 e. The summed E-state index contributed by atoms with van der Waals surface area (Å²) in [6, 6.07) is 10.8. The van der Waals surface area contributed by atoms with E-state index < -0.39 is 0 Å². The first-order valence-corrected chi connectivity index (χ1v) is 8.20. The third-order valence-corrected chi connectivity index (χ3v) is 4.53. The Morgan fingerprint density at radius 3 is 2.12 bits per heavy atom. The Kier molecular flexibility index (Phi) is 5.02. The van der Waals surface area contributed by atoms with Crippen LogP contribution in [0.1, 0.15) is 38.3 Å². The number of rotatable bonds is 2. The molecule has 1 N–H and O–H groups in total. The van der Waals surface area contributed by atoms with Crippen molar-refractivity contribution >= 4 is 17.3 Å². The fraction of sp³-hybridized carbons (Fsp3) is 0.250.